The number of hydrogen-bond acceptors (Lipinski definition) is 4. The van der Waals surface area contributed by atoms with Crippen LogP contribution in [0.15, 0.2) is 0 Å². The van der Waals surface area contributed by atoms with E-state index in [0.29, 0.717) is 0 Å². The van der Waals surface area contributed by atoms with Crippen molar-refractivity contribution >= 4 is 0 Å². The predicted molar refractivity (Wildman–Crippen MR) is 121 cm³/mol. The van der Waals surface area contributed by atoms with E-state index in [0.717, 1.165) is 19.3 Å². The molecule has 5 atom stereocenters. The molecule has 29 heavy (non-hydrogen) atoms. The monoisotopic (exact) mass is 414 g/mol. The zero-order valence-electron chi connectivity index (χ0n) is 19.4. The molecule has 1 fully saturated rings. The average Bonchev–Trinajstić information content (AvgIpc) is 2.73. The van der Waals surface area contributed by atoms with Crippen LogP contribution in [0.5, 0.6) is 0 Å². The summed E-state index contributed by atoms with van der Waals surface area (Å²) >= 11 is 0. The molecule has 1 aliphatic heterocycles. The van der Waals surface area contributed by atoms with Crippen LogP contribution in [0, 0.1) is 5.92 Å². The summed E-state index contributed by atoms with van der Waals surface area (Å²) in [6, 6.07) is 0. The third-order valence-electron chi connectivity index (χ3n) is 6.71. The first-order valence-electron chi connectivity index (χ1n) is 12.8. The normalized spacial score (nSPS) is 26.0. The molecule has 4 heteroatoms. The second-order valence-corrected chi connectivity index (χ2v) is 9.25. The molecule has 1 unspecified atom stereocenters. The molecule has 0 spiro atoms. The van der Waals surface area contributed by atoms with Crippen molar-refractivity contribution in [2.45, 2.75) is 147 Å². The maximum Gasteiger partial charge on any atom is 0.111 e. The molecule has 0 saturated carbocycles. The Labute approximate surface area is 180 Å². The summed E-state index contributed by atoms with van der Waals surface area (Å²) in [6.07, 6.45) is 19.1. The predicted octanol–water partition coefficient (Wildman–Crippen LogP) is 5.76. The van der Waals surface area contributed by atoms with Gasteiger partial charge in [-0.25, -0.2) is 0 Å². The highest BCUT2D eigenvalue weighted by molar-refractivity contribution is 4.89. The Morgan fingerprint density at radius 1 is 0.655 bits per heavy atom. The molecule has 0 aromatic carbocycles. The first-order valence-corrected chi connectivity index (χ1v) is 12.8. The van der Waals surface area contributed by atoms with Crippen LogP contribution in [-0.2, 0) is 4.74 Å². The third kappa shape index (κ3) is 11.7. The number of aliphatic hydroxyl groups excluding tert-OH is 3. The fourth-order valence-electron chi connectivity index (χ4n) is 4.62. The zero-order chi connectivity index (χ0) is 21.3. The summed E-state index contributed by atoms with van der Waals surface area (Å²) in [5.41, 5.74) is 0. The van der Waals surface area contributed by atoms with Crippen molar-refractivity contribution in [2.24, 2.45) is 5.92 Å². The molecule has 174 valence electrons. The molecule has 0 radical (unpaired) electrons. The summed E-state index contributed by atoms with van der Waals surface area (Å²) < 4.78 is 5.64. The van der Waals surface area contributed by atoms with Gasteiger partial charge in [-0.3, -0.25) is 0 Å². The molecule has 4 nitrogen and oxygen atoms in total. The van der Waals surface area contributed by atoms with E-state index in [1.807, 2.05) is 0 Å². The Bertz CT molecular complexity index is 363. The van der Waals surface area contributed by atoms with Crippen LogP contribution in [0.4, 0.5) is 0 Å². The van der Waals surface area contributed by atoms with Gasteiger partial charge >= 0.3 is 0 Å². The zero-order valence-corrected chi connectivity index (χ0v) is 19.4. The number of rotatable bonds is 18. The van der Waals surface area contributed by atoms with Crippen LogP contribution in [0.1, 0.15) is 123 Å². The number of aliphatic hydroxyl groups is 3. The molecular weight excluding hydrogens is 364 g/mol. The van der Waals surface area contributed by atoms with Gasteiger partial charge in [-0.15, -0.1) is 0 Å². The lowest BCUT2D eigenvalue weighted by atomic mass is 9.85. The van der Waals surface area contributed by atoms with Crippen LogP contribution in [-0.4, -0.2) is 46.3 Å². The van der Waals surface area contributed by atoms with Gasteiger partial charge in [0.1, 0.15) is 18.3 Å². The Morgan fingerprint density at radius 2 is 1.10 bits per heavy atom. The van der Waals surface area contributed by atoms with Crippen molar-refractivity contribution in [1.29, 1.82) is 0 Å². The summed E-state index contributed by atoms with van der Waals surface area (Å²) in [6.45, 7) is 4.51. The molecule has 1 aliphatic rings. The standard InChI is InChI=1S/C25H50O4/c1-3-5-6-7-8-9-10-11-12-13-14-15-16-17-18-19-21(4-2)25-24(28)23(27)22(26)20-29-25/h21-28H,3-20H2,1-2H3/t21?,22-,23+,24-,25+/m1/s1. The van der Waals surface area contributed by atoms with Gasteiger partial charge < -0.3 is 20.1 Å². The lowest BCUT2D eigenvalue weighted by molar-refractivity contribution is -0.201. The Hall–Kier alpha value is -0.160. The maximum atomic E-state index is 10.2. The van der Waals surface area contributed by atoms with Crippen molar-refractivity contribution in [3.05, 3.63) is 0 Å². The van der Waals surface area contributed by atoms with Crippen LogP contribution < -0.4 is 0 Å². The lowest BCUT2D eigenvalue weighted by Crippen LogP contribution is -2.55. The third-order valence-corrected chi connectivity index (χ3v) is 6.71. The van der Waals surface area contributed by atoms with Crippen LogP contribution in [0.2, 0.25) is 0 Å². The Morgan fingerprint density at radius 3 is 1.55 bits per heavy atom. The number of hydrogen-bond donors (Lipinski definition) is 3. The van der Waals surface area contributed by atoms with Crippen LogP contribution in [0.25, 0.3) is 0 Å². The molecule has 3 N–H and O–H groups in total. The molecule has 0 aliphatic carbocycles. The highest BCUT2D eigenvalue weighted by Crippen LogP contribution is 2.28. The second kappa shape index (κ2) is 17.5. The van der Waals surface area contributed by atoms with E-state index in [1.165, 1.54) is 89.9 Å². The molecule has 0 aromatic heterocycles. The fourth-order valence-corrected chi connectivity index (χ4v) is 4.62. The molecular formula is C25H50O4. The first kappa shape index (κ1) is 26.9. The van der Waals surface area contributed by atoms with Gasteiger partial charge in [0.2, 0.25) is 0 Å². The van der Waals surface area contributed by atoms with Crippen molar-refractivity contribution in [3.63, 3.8) is 0 Å². The van der Waals surface area contributed by atoms with E-state index < -0.39 is 18.3 Å². The van der Waals surface area contributed by atoms with Crippen molar-refractivity contribution < 1.29 is 20.1 Å². The topological polar surface area (TPSA) is 69.9 Å². The molecule has 0 amide bonds. The molecule has 1 saturated heterocycles. The summed E-state index contributed by atoms with van der Waals surface area (Å²) in [4.78, 5) is 0. The van der Waals surface area contributed by atoms with Gasteiger partial charge in [0, 0.05) is 0 Å². The van der Waals surface area contributed by atoms with Crippen LogP contribution in [0.3, 0.4) is 0 Å². The fraction of sp³-hybridized carbons (Fsp3) is 1.00. The molecule has 1 rings (SSSR count). The minimum absolute atomic E-state index is 0.123. The SMILES string of the molecule is CCCCCCCCCCCCCCCCCC(CC)[C@@H]1OC[C@@H](O)[C@H](O)[C@H]1O. The quantitative estimate of drug-likeness (QED) is 0.250. The minimum atomic E-state index is -1.08. The first-order chi connectivity index (χ1) is 14.1. The smallest absolute Gasteiger partial charge is 0.111 e. The van der Waals surface area contributed by atoms with Gasteiger partial charge in [0.05, 0.1) is 12.7 Å². The van der Waals surface area contributed by atoms with Gasteiger partial charge in [-0.2, -0.15) is 0 Å². The van der Waals surface area contributed by atoms with Gasteiger partial charge in [-0.05, 0) is 12.3 Å². The Balaban J connectivity index is 1.93. The van der Waals surface area contributed by atoms with E-state index >= 15 is 0 Å². The van der Waals surface area contributed by atoms with Gasteiger partial charge in [0.15, 0.2) is 0 Å². The van der Waals surface area contributed by atoms with E-state index in [4.69, 9.17) is 4.74 Å². The van der Waals surface area contributed by atoms with E-state index in [9.17, 15) is 15.3 Å². The summed E-state index contributed by atoms with van der Waals surface area (Å²) in [7, 11) is 0. The minimum Gasteiger partial charge on any atom is -0.388 e. The average molecular weight is 415 g/mol. The molecule has 0 bridgehead atoms. The Kier molecular flexibility index (Phi) is 16.2. The highest BCUT2D eigenvalue weighted by Gasteiger charge is 2.40. The van der Waals surface area contributed by atoms with E-state index in [2.05, 4.69) is 13.8 Å². The molecule has 0 aromatic rings. The van der Waals surface area contributed by atoms with Crippen molar-refractivity contribution in [2.75, 3.05) is 6.61 Å². The van der Waals surface area contributed by atoms with Gasteiger partial charge in [-0.1, -0.05) is 117 Å². The molecule has 1 heterocycles. The van der Waals surface area contributed by atoms with Gasteiger partial charge in [0.25, 0.3) is 0 Å². The second-order valence-electron chi connectivity index (χ2n) is 9.25. The van der Waals surface area contributed by atoms with E-state index in [1.54, 1.807) is 0 Å². The highest BCUT2D eigenvalue weighted by atomic mass is 16.5. The van der Waals surface area contributed by atoms with E-state index in [-0.39, 0.29) is 18.6 Å². The number of ether oxygens (including phenoxy) is 1. The van der Waals surface area contributed by atoms with Crippen LogP contribution >= 0.6 is 0 Å². The van der Waals surface area contributed by atoms with Crippen molar-refractivity contribution in [1.82, 2.24) is 0 Å². The largest absolute Gasteiger partial charge is 0.388 e. The lowest BCUT2D eigenvalue weighted by Gasteiger charge is -2.39. The van der Waals surface area contributed by atoms with Crippen molar-refractivity contribution in [3.8, 4) is 0 Å². The summed E-state index contributed by atoms with van der Waals surface area (Å²) in [5, 5.41) is 29.7. The number of unbranched alkanes of at least 4 members (excludes halogenated alkanes) is 14. The maximum absolute atomic E-state index is 10.2. The summed E-state index contributed by atoms with van der Waals surface area (Å²) in [5.74, 6) is 0.258.